The van der Waals surface area contributed by atoms with Crippen LogP contribution in [0.15, 0.2) is 42.0 Å². The number of aromatic nitrogens is 1. The van der Waals surface area contributed by atoms with Crippen molar-refractivity contribution in [2.75, 3.05) is 20.1 Å². The largest absolute Gasteiger partial charge is 0.339 e. The van der Waals surface area contributed by atoms with Crippen LogP contribution in [0, 0.1) is 0 Å². The minimum Gasteiger partial charge on any atom is -0.339 e. The molecule has 24 heavy (non-hydrogen) atoms. The van der Waals surface area contributed by atoms with E-state index < -0.39 is 0 Å². The first-order chi connectivity index (χ1) is 11.7. The Hall–Kier alpha value is -1.72. The standard InChI is InChI=1S/C19H23N3OS/c1-21-18(23)13-17(15-4-8-20-9-5-15)19(21)6-10-22(11-7-19)14-16-3-2-12-24-16/h2-5,8-9,12,17H,6-7,10-11,13-14H2,1H3/t17-/m1/s1. The van der Waals surface area contributed by atoms with Gasteiger partial charge in [0.25, 0.3) is 0 Å². The zero-order chi connectivity index (χ0) is 16.6. The van der Waals surface area contributed by atoms with Crippen molar-refractivity contribution in [3.63, 3.8) is 0 Å². The van der Waals surface area contributed by atoms with Crippen molar-refractivity contribution < 1.29 is 4.79 Å². The lowest BCUT2D eigenvalue weighted by atomic mass is 9.74. The fourth-order valence-electron chi connectivity index (χ4n) is 4.41. The molecule has 0 aliphatic carbocycles. The summed E-state index contributed by atoms with van der Waals surface area (Å²) in [6.07, 6.45) is 6.42. The fraction of sp³-hybridized carbons (Fsp3) is 0.474. The molecule has 0 unspecified atom stereocenters. The number of thiophene rings is 1. The molecule has 1 amide bonds. The minimum atomic E-state index is -0.0234. The summed E-state index contributed by atoms with van der Waals surface area (Å²) in [5.74, 6) is 0.574. The molecule has 0 saturated carbocycles. The third-order valence-electron chi connectivity index (χ3n) is 5.86. The van der Waals surface area contributed by atoms with E-state index in [0.29, 0.717) is 12.3 Å². The van der Waals surface area contributed by atoms with Crippen LogP contribution in [-0.2, 0) is 11.3 Å². The zero-order valence-electron chi connectivity index (χ0n) is 14.0. The fourth-order valence-corrected chi connectivity index (χ4v) is 5.16. The van der Waals surface area contributed by atoms with Gasteiger partial charge in [-0.15, -0.1) is 11.3 Å². The SMILES string of the molecule is CN1C(=O)C[C@H](c2ccncc2)C12CCN(Cc1cccs1)CC2. The molecular weight excluding hydrogens is 318 g/mol. The molecule has 1 spiro atoms. The van der Waals surface area contributed by atoms with E-state index in [2.05, 4.69) is 39.5 Å². The number of hydrogen-bond donors (Lipinski definition) is 0. The van der Waals surface area contributed by atoms with Gasteiger partial charge in [0.05, 0.1) is 5.54 Å². The van der Waals surface area contributed by atoms with Crippen LogP contribution in [0.4, 0.5) is 0 Å². The molecule has 0 aromatic carbocycles. The third kappa shape index (κ3) is 2.66. The van der Waals surface area contributed by atoms with Crippen molar-refractivity contribution in [1.29, 1.82) is 0 Å². The first kappa shape index (κ1) is 15.8. The highest BCUT2D eigenvalue weighted by atomic mass is 32.1. The highest BCUT2D eigenvalue weighted by molar-refractivity contribution is 7.09. The molecule has 4 nitrogen and oxygen atoms in total. The van der Waals surface area contributed by atoms with Crippen molar-refractivity contribution in [3.8, 4) is 0 Å². The van der Waals surface area contributed by atoms with Gasteiger partial charge in [0.2, 0.25) is 5.91 Å². The Morgan fingerprint density at radius 2 is 2.00 bits per heavy atom. The van der Waals surface area contributed by atoms with Gasteiger partial charge in [0.15, 0.2) is 0 Å². The van der Waals surface area contributed by atoms with Gasteiger partial charge in [-0.05, 0) is 42.0 Å². The molecule has 2 aromatic rings. The van der Waals surface area contributed by atoms with Gasteiger partial charge in [-0.25, -0.2) is 0 Å². The molecule has 0 bridgehead atoms. The van der Waals surface area contributed by atoms with E-state index in [-0.39, 0.29) is 11.4 Å². The number of hydrogen-bond acceptors (Lipinski definition) is 4. The van der Waals surface area contributed by atoms with Crippen LogP contribution in [0.1, 0.15) is 35.6 Å². The maximum absolute atomic E-state index is 12.5. The van der Waals surface area contributed by atoms with E-state index in [1.165, 1.54) is 10.4 Å². The number of amides is 1. The van der Waals surface area contributed by atoms with Crippen LogP contribution >= 0.6 is 11.3 Å². The lowest BCUT2D eigenvalue weighted by molar-refractivity contribution is -0.130. The van der Waals surface area contributed by atoms with Crippen LogP contribution in [0.25, 0.3) is 0 Å². The Kier molecular flexibility index (Phi) is 4.14. The van der Waals surface area contributed by atoms with E-state index in [0.717, 1.165) is 32.5 Å². The summed E-state index contributed by atoms with van der Waals surface area (Å²) in [5.41, 5.74) is 1.24. The number of pyridine rings is 1. The summed E-state index contributed by atoms with van der Waals surface area (Å²) in [7, 11) is 2.00. The van der Waals surface area contributed by atoms with Gasteiger partial charge in [-0.3, -0.25) is 14.7 Å². The Morgan fingerprint density at radius 3 is 2.67 bits per heavy atom. The summed E-state index contributed by atoms with van der Waals surface area (Å²) >= 11 is 1.83. The Labute approximate surface area is 147 Å². The second kappa shape index (κ2) is 6.30. The monoisotopic (exact) mass is 341 g/mol. The molecule has 4 rings (SSSR count). The summed E-state index contributed by atoms with van der Waals surface area (Å²) in [6.45, 7) is 3.14. The first-order valence-electron chi connectivity index (χ1n) is 8.60. The normalized spacial score (nSPS) is 24.0. The van der Waals surface area contributed by atoms with Crippen LogP contribution in [0.2, 0.25) is 0 Å². The van der Waals surface area contributed by atoms with Gasteiger partial charge in [0, 0.05) is 56.3 Å². The molecule has 2 aliphatic heterocycles. The van der Waals surface area contributed by atoms with Gasteiger partial charge in [-0.2, -0.15) is 0 Å². The van der Waals surface area contributed by atoms with E-state index in [1.807, 2.05) is 35.7 Å². The molecule has 2 aromatic heterocycles. The van der Waals surface area contributed by atoms with Crippen molar-refractivity contribution in [3.05, 3.63) is 52.5 Å². The quantitative estimate of drug-likeness (QED) is 0.861. The predicted octanol–water partition coefficient (Wildman–Crippen LogP) is 3.12. The highest BCUT2D eigenvalue weighted by Crippen LogP contribution is 2.48. The molecule has 2 saturated heterocycles. The second-order valence-corrected chi connectivity index (χ2v) is 7.98. The maximum atomic E-state index is 12.5. The number of rotatable bonds is 3. The predicted molar refractivity (Wildman–Crippen MR) is 95.9 cm³/mol. The Morgan fingerprint density at radius 1 is 1.25 bits per heavy atom. The van der Waals surface area contributed by atoms with E-state index >= 15 is 0 Å². The molecule has 0 radical (unpaired) electrons. The molecule has 4 heterocycles. The summed E-state index contributed by atoms with van der Waals surface area (Å²) in [6, 6.07) is 8.49. The second-order valence-electron chi connectivity index (χ2n) is 6.95. The zero-order valence-corrected chi connectivity index (χ0v) is 14.8. The average molecular weight is 341 g/mol. The van der Waals surface area contributed by atoms with Crippen LogP contribution < -0.4 is 0 Å². The average Bonchev–Trinajstić information content (AvgIpc) is 3.21. The molecule has 2 fully saturated rings. The third-order valence-corrected chi connectivity index (χ3v) is 6.72. The molecule has 126 valence electrons. The minimum absolute atomic E-state index is 0.0234. The topological polar surface area (TPSA) is 36.4 Å². The molecular formula is C19H23N3OS. The van der Waals surface area contributed by atoms with Crippen LogP contribution in [-0.4, -0.2) is 46.4 Å². The van der Waals surface area contributed by atoms with E-state index in [1.54, 1.807) is 0 Å². The highest BCUT2D eigenvalue weighted by Gasteiger charge is 2.52. The number of carbonyl (C=O) groups excluding carboxylic acids is 1. The molecule has 1 atom stereocenters. The number of likely N-dealkylation sites (tertiary alicyclic amines) is 2. The Bertz CT molecular complexity index is 693. The van der Waals surface area contributed by atoms with Crippen molar-refractivity contribution in [2.45, 2.75) is 37.3 Å². The summed E-state index contributed by atoms with van der Waals surface area (Å²) < 4.78 is 0. The number of carbonyl (C=O) groups is 1. The number of nitrogens with zero attached hydrogens (tertiary/aromatic N) is 3. The summed E-state index contributed by atoms with van der Waals surface area (Å²) in [5, 5.41) is 2.14. The van der Waals surface area contributed by atoms with E-state index in [9.17, 15) is 4.79 Å². The van der Waals surface area contributed by atoms with Crippen molar-refractivity contribution >= 4 is 17.2 Å². The first-order valence-corrected chi connectivity index (χ1v) is 9.48. The lowest BCUT2D eigenvalue weighted by Crippen LogP contribution is -2.53. The Balaban J connectivity index is 1.53. The lowest BCUT2D eigenvalue weighted by Gasteiger charge is -2.46. The molecule has 0 N–H and O–H groups in total. The molecule has 5 heteroatoms. The molecule has 2 aliphatic rings. The maximum Gasteiger partial charge on any atom is 0.223 e. The van der Waals surface area contributed by atoms with Gasteiger partial charge in [0.1, 0.15) is 0 Å². The van der Waals surface area contributed by atoms with Crippen molar-refractivity contribution in [2.24, 2.45) is 0 Å². The van der Waals surface area contributed by atoms with Gasteiger partial charge >= 0.3 is 0 Å². The van der Waals surface area contributed by atoms with E-state index in [4.69, 9.17) is 0 Å². The summed E-state index contributed by atoms with van der Waals surface area (Å²) in [4.78, 5) is 22.6. The van der Waals surface area contributed by atoms with Crippen LogP contribution in [0.5, 0.6) is 0 Å². The van der Waals surface area contributed by atoms with Crippen LogP contribution in [0.3, 0.4) is 0 Å². The van der Waals surface area contributed by atoms with Crippen molar-refractivity contribution in [1.82, 2.24) is 14.8 Å². The van der Waals surface area contributed by atoms with Gasteiger partial charge in [-0.1, -0.05) is 6.07 Å². The number of likely N-dealkylation sites (N-methyl/N-ethyl adjacent to an activating group) is 1. The van der Waals surface area contributed by atoms with Gasteiger partial charge < -0.3 is 4.90 Å². The smallest absolute Gasteiger partial charge is 0.223 e. The number of piperidine rings is 1.